The molecule has 0 saturated carbocycles. The Morgan fingerprint density at radius 2 is 1.61 bits per heavy atom. The highest BCUT2D eigenvalue weighted by Crippen LogP contribution is 2.25. The first-order valence-electron chi connectivity index (χ1n) is 10.9. The average Bonchev–Trinajstić information content (AvgIpc) is 2.75. The zero-order valence-corrected chi connectivity index (χ0v) is 18.7. The van der Waals surface area contributed by atoms with Crippen LogP contribution in [0.25, 0.3) is 0 Å². The summed E-state index contributed by atoms with van der Waals surface area (Å²) in [5.41, 5.74) is 1.51. The molecule has 1 heterocycles. The van der Waals surface area contributed by atoms with E-state index in [0.29, 0.717) is 24.2 Å². The van der Waals surface area contributed by atoms with Crippen molar-refractivity contribution in [3.63, 3.8) is 0 Å². The fraction of sp³-hybridized carbons (Fsp3) is 0.385. The third kappa shape index (κ3) is 5.54. The predicted octanol–water partition coefficient (Wildman–Crippen LogP) is 4.76. The number of rotatable bonds is 2. The Labute approximate surface area is 185 Å². The molecule has 1 aliphatic rings. The van der Waals surface area contributed by atoms with Crippen LogP contribution in [-0.4, -0.2) is 35.9 Å². The van der Waals surface area contributed by atoms with Crippen LogP contribution in [0.15, 0.2) is 66.7 Å². The van der Waals surface area contributed by atoms with Gasteiger partial charge in [-0.3, -0.25) is 9.59 Å². The van der Waals surface area contributed by atoms with Crippen LogP contribution in [0.4, 0.5) is 0 Å². The number of likely N-dealkylation sites (N-methyl/N-ethyl adjacent to an activating group) is 1. The van der Waals surface area contributed by atoms with E-state index in [9.17, 15) is 9.59 Å². The van der Waals surface area contributed by atoms with Gasteiger partial charge in [-0.15, -0.1) is 0 Å². The van der Waals surface area contributed by atoms with Crippen molar-refractivity contribution in [3.05, 3.63) is 77.9 Å². The summed E-state index contributed by atoms with van der Waals surface area (Å²) in [5.74, 6) is 0.112. The van der Waals surface area contributed by atoms with Gasteiger partial charge in [-0.25, -0.2) is 0 Å². The second-order valence-corrected chi connectivity index (χ2v) is 8.44. The van der Waals surface area contributed by atoms with Gasteiger partial charge in [0.2, 0.25) is 5.91 Å². The fourth-order valence-electron chi connectivity index (χ4n) is 3.99. The van der Waals surface area contributed by atoms with E-state index in [4.69, 9.17) is 4.74 Å². The Hall–Kier alpha value is -3.08. The third-order valence-corrected chi connectivity index (χ3v) is 5.61. The molecule has 2 amide bonds. The number of fused-ring (bicyclic) bond motifs is 1. The van der Waals surface area contributed by atoms with E-state index >= 15 is 0 Å². The Bertz CT molecular complexity index is 923. The van der Waals surface area contributed by atoms with E-state index in [-0.39, 0.29) is 29.9 Å². The van der Waals surface area contributed by atoms with Gasteiger partial charge in [-0.05, 0) is 37.0 Å². The second-order valence-electron chi connectivity index (χ2n) is 8.44. The molecule has 3 rings (SSSR count). The van der Waals surface area contributed by atoms with Gasteiger partial charge in [0.05, 0.1) is 17.7 Å². The van der Waals surface area contributed by atoms with Gasteiger partial charge in [0, 0.05) is 13.5 Å². The zero-order chi connectivity index (χ0) is 22.4. The molecule has 1 aliphatic heterocycles. The Balaban J connectivity index is 1.99. The minimum absolute atomic E-state index is 0.0548. The third-order valence-electron chi connectivity index (χ3n) is 5.61. The van der Waals surface area contributed by atoms with Crippen molar-refractivity contribution in [3.8, 4) is 5.75 Å². The molecule has 31 heavy (non-hydrogen) atoms. The highest BCUT2D eigenvalue weighted by atomic mass is 16.5. The number of carbonyl (C=O) groups is 2. The number of para-hydroxylation sites is 1. The van der Waals surface area contributed by atoms with E-state index in [1.54, 1.807) is 13.1 Å². The van der Waals surface area contributed by atoms with Crippen molar-refractivity contribution in [2.45, 2.75) is 51.8 Å². The van der Waals surface area contributed by atoms with E-state index in [2.05, 4.69) is 17.5 Å². The molecule has 5 heteroatoms. The molecule has 0 unspecified atom stereocenters. The summed E-state index contributed by atoms with van der Waals surface area (Å²) < 4.78 is 6.09. The molecule has 0 bridgehead atoms. The van der Waals surface area contributed by atoms with E-state index in [0.717, 1.165) is 5.56 Å². The van der Waals surface area contributed by atoms with Crippen molar-refractivity contribution in [1.29, 1.82) is 0 Å². The van der Waals surface area contributed by atoms with Crippen LogP contribution in [0.5, 0.6) is 5.75 Å². The largest absolute Gasteiger partial charge is 0.490 e. The highest BCUT2D eigenvalue weighted by molar-refractivity contribution is 5.99. The maximum absolute atomic E-state index is 13.4. The van der Waals surface area contributed by atoms with Crippen molar-refractivity contribution < 1.29 is 14.3 Å². The Morgan fingerprint density at radius 1 is 0.968 bits per heavy atom. The summed E-state index contributed by atoms with van der Waals surface area (Å²) >= 11 is 0. The molecular weight excluding hydrogens is 388 g/mol. The smallest absolute Gasteiger partial charge is 0.258 e. The molecule has 0 aromatic heterocycles. The van der Waals surface area contributed by atoms with Crippen LogP contribution in [0.3, 0.4) is 0 Å². The van der Waals surface area contributed by atoms with Crippen LogP contribution in [0.2, 0.25) is 0 Å². The lowest BCUT2D eigenvalue weighted by Gasteiger charge is -2.32. The van der Waals surface area contributed by atoms with Gasteiger partial charge in [-0.2, -0.15) is 0 Å². The number of nitrogens with one attached hydrogen (secondary N) is 1. The Kier molecular flexibility index (Phi) is 7.50. The monoisotopic (exact) mass is 420 g/mol. The summed E-state index contributed by atoms with van der Waals surface area (Å²) in [6.45, 7) is 5.91. The average molecular weight is 421 g/mol. The standard InChI is InChI=1S/C26H32N2O3/c1-18(2)24-25(29)27-22(20-13-6-5-7-14-20)16-10-8-12-19(3)31-23-17-11-9-15-21(23)26(30)28(24)4/h5-11,13-15,17-19,22,24H,12,16H2,1-4H3,(H,27,29)/b10-8+/t19-,22+,24-/m0/s1. The SMILES string of the molecule is CC(C)[C@H]1C(=O)N[C@@H](c2ccccc2)C/C=C/C[C@H](C)Oc2ccccc2C(=O)N1C. The fourth-order valence-corrected chi connectivity index (χ4v) is 3.99. The van der Waals surface area contributed by atoms with Gasteiger partial charge in [0.15, 0.2) is 0 Å². The summed E-state index contributed by atoms with van der Waals surface area (Å²) in [5, 5.41) is 3.19. The number of nitrogens with zero attached hydrogens (tertiary/aromatic N) is 1. The maximum Gasteiger partial charge on any atom is 0.258 e. The first kappa shape index (κ1) is 22.6. The van der Waals surface area contributed by atoms with Gasteiger partial charge < -0.3 is 15.0 Å². The Morgan fingerprint density at radius 3 is 2.32 bits per heavy atom. The summed E-state index contributed by atoms with van der Waals surface area (Å²) in [7, 11) is 1.69. The van der Waals surface area contributed by atoms with E-state index in [1.165, 1.54) is 4.90 Å². The van der Waals surface area contributed by atoms with Crippen molar-refractivity contribution >= 4 is 11.8 Å². The summed E-state index contributed by atoms with van der Waals surface area (Å²) in [4.78, 5) is 28.3. The van der Waals surface area contributed by atoms with E-state index in [1.807, 2.05) is 69.3 Å². The van der Waals surface area contributed by atoms with Crippen LogP contribution < -0.4 is 10.1 Å². The number of hydrogen-bond donors (Lipinski definition) is 1. The van der Waals surface area contributed by atoms with Crippen LogP contribution in [0, 0.1) is 5.92 Å². The topological polar surface area (TPSA) is 58.6 Å². The van der Waals surface area contributed by atoms with Crippen LogP contribution in [0.1, 0.15) is 55.6 Å². The van der Waals surface area contributed by atoms with Crippen LogP contribution in [-0.2, 0) is 4.79 Å². The molecule has 164 valence electrons. The molecule has 3 atom stereocenters. The first-order chi connectivity index (χ1) is 14.9. The van der Waals surface area contributed by atoms with Gasteiger partial charge in [-0.1, -0.05) is 68.5 Å². The minimum atomic E-state index is -0.601. The first-order valence-corrected chi connectivity index (χ1v) is 10.9. The van der Waals surface area contributed by atoms with Gasteiger partial charge >= 0.3 is 0 Å². The molecule has 2 aromatic rings. The zero-order valence-electron chi connectivity index (χ0n) is 18.7. The number of carbonyl (C=O) groups excluding carboxylic acids is 2. The lowest BCUT2D eigenvalue weighted by molar-refractivity contribution is -0.127. The quantitative estimate of drug-likeness (QED) is 0.713. The minimum Gasteiger partial charge on any atom is -0.490 e. The highest BCUT2D eigenvalue weighted by Gasteiger charge is 2.33. The van der Waals surface area contributed by atoms with Gasteiger partial charge in [0.25, 0.3) is 5.91 Å². The molecule has 0 aliphatic carbocycles. The molecule has 2 aromatic carbocycles. The predicted molar refractivity (Wildman–Crippen MR) is 123 cm³/mol. The molecular formula is C26H32N2O3. The van der Waals surface area contributed by atoms with Crippen molar-refractivity contribution in [2.75, 3.05) is 7.05 Å². The molecule has 1 N–H and O–H groups in total. The second kappa shape index (κ2) is 10.3. The van der Waals surface area contributed by atoms with E-state index < -0.39 is 6.04 Å². The molecule has 5 nitrogen and oxygen atoms in total. The van der Waals surface area contributed by atoms with Crippen LogP contribution >= 0.6 is 0 Å². The van der Waals surface area contributed by atoms with Crippen molar-refractivity contribution in [2.24, 2.45) is 5.92 Å². The summed E-state index contributed by atoms with van der Waals surface area (Å²) in [6, 6.07) is 16.4. The number of benzene rings is 2. The normalized spacial score (nSPS) is 24.0. The number of amides is 2. The lowest BCUT2D eigenvalue weighted by atomic mass is 9.98. The molecule has 0 saturated heterocycles. The maximum atomic E-state index is 13.4. The lowest BCUT2D eigenvalue weighted by Crippen LogP contribution is -2.51. The molecule has 0 fully saturated rings. The summed E-state index contributed by atoms with van der Waals surface area (Å²) in [6.07, 6.45) is 5.47. The van der Waals surface area contributed by atoms with Crippen molar-refractivity contribution in [1.82, 2.24) is 10.2 Å². The van der Waals surface area contributed by atoms with Gasteiger partial charge in [0.1, 0.15) is 11.8 Å². The number of hydrogen-bond acceptors (Lipinski definition) is 3. The number of ether oxygens (including phenoxy) is 1. The molecule has 0 spiro atoms. The molecule has 0 radical (unpaired) electrons.